The SMILES string of the molecule is C.C.C.C.CC.CC.CC.CC.CC(C)=NN(C)C.CC(C)=O.CCC.CCC.CN(C)N.C[n+]1ccccc1.C[n+]1ccccc1.c1ccc2c(c1)CCCC2.c1ccc2c(c1)CCCC2. The first-order valence-corrected chi connectivity index (χ1v) is 24.2. The van der Waals surface area contributed by atoms with E-state index in [2.05, 4.69) is 81.3 Å². The maximum absolute atomic E-state index is 9.44. The molecule has 396 valence electrons. The molecule has 0 radical (unpaired) electrons. The molecule has 2 heterocycles. The molecule has 4 aromatic rings. The number of aromatic nitrogens is 2. The number of Topliss-reactive ketones (excluding diaryl/α,β-unsaturated/α-hetero) is 1. The van der Waals surface area contributed by atoms with Gasteiger partial charge in [0, 0.05) is 58.2 Å². The van der Waals surface area contributed by atoms with Crippen molar-refractivity contribution in [1.29, 1.82) is 0 Å². The molecule has 6 rings (SSSR count). The Morgan fingerprint density at radius 3 is 0.761 bits per heavy atom. The molecule has 2 aliphatic carbocycles. The molecule has 0 saturated heterocycles. The van der Waals surface area contributed by atoms with Crippen LogP contribution in [0.25, 0.3) is 0 Å². The van der Waals surface area contributed by atoms with E-state index in [1.165, 1.54) is 83.1 Å². The molecule has 7 nitrogen and oxygen atoms in total. The molecule has 2 N–H and O–H groups in total. The highest BCUT2D eigenvalue weighted by molar-refractivity contribution is 5.78. The first-order valence-electron chi connectivity index (χ1n) is 24.2. The highest BCUT2D eigenvalue weighted by Gasteiger charge is 2.07. The van der Waals surface area contributed by atoms with E-state index in [0.29, 0.717) is 0 Å². The van der Waals surface area contributed by atoms with Crippen molar-refractivity contribution < 1.29 is 13.9 Å². The molecule has 0 bridgehead atoms. The summed E-state index contributed by atoms with van der Waals surface area (Å²) in [6.07, 6.45) is 21.3. The fourth-order valence-electron chi connectivity index (χ4n) is 4.72. The van der Waals surface area contributed by atoms with E-state index in [1.54, 1.807) is 41.4 Å². The van der Waals surface area contributed by atoms with E-state index in [4.69, 9.17) is 5.84 Å². The van der Waals surface area contributed by atoms with Crippen LogP contribution in [-0.2, 0) is 44.6 Å². The summed E-state index contributed by atoms with van der Waals surface area (Å²) in [5.41, 5.74) is 7.40. The zero-order valence-corrected chi connectivity index (χ0v) is 45.7. The quantitative estimate of drug-likeness (QED) is 0.0893. The third-order valence-corrected chi connectivity index (χ3v) is 6.65. The van der Waals surface area contributed by atoms with Crippen molar-refractivity contribution in [1.82, 2.24) is 10.0 Å². The van der Waals surface area contributed by atoms with E-state index in [9.17, 15) is 4.79 Å². The summed E-state index contributed by atoms with van der Waals surface area (Å²) < 4.78 is 4.00. The lowest BCUT2D eigenvalue weighted by atomic mass is 9.92. The number of benzene rings is 2. The maximum atomic E-state index is 9.44. The van der Waals surface area contributed by atoms with Gasteiger partial charge in [0.25, 0.3) is 0 Å². The highest BCUT2D eigenvalue weighted by Crippen LogP contribution is 2.20. The molecule has 2 aromatic carbocycles. The summed E-state index contributed by atoms with van der Waals surface area (Å²) >= 11 is 0. The van der Waals surface area contributed by atoms with Gasteiger partial charge in [0.15, 0.2) is 24.8 Å². The van der Waals surface area contributed by atoms with Crippen molar-refractivity contribution in [2.75, 3.05) is 28.2 Å². The second-order valence-electron chi connectivity index (χ2n) is 14.2. The molecule has 0 saturated carbocycles. The van der Waals surface area contributed by atoms with Crippen LogP contribution in [0.5, 0.6) is 0 Å². The average molecular weight is 944 g/mol. The van der Waals surface area contributed by atoms with Crippen molar-refractivity contribution in [2.45, 2.75) is 205 Å². The van der Waals surface area contributed by atoms with Gasteiger partial charge in [-0.2, -0.15) is 5.10 Å². The number of ketones is 1. The van der Waals surface area contributed by atoms with Gasteiger partial charge in [-0.1, -0.05) is 186 Å². The fourth-order valence-corrected chi connectivity index (χ4v) is 4.72. The number of hydrazone groups is 1. The van der Waals surface area contributed by atoms with Crippen LogP contribution in [0.15, 0.2) is 115 Å². The predicted octanol–water partition coefficient (Wildman–Crippen LogP) is 16.6. The molecule has 67 heavy (non-hydrogen) atoms. The lowest BCUT2D eigenvalue weighted by Crippen LogP contribution is -2.25. The monoisotopic (exact) mass is 943 g/mol. The lowest BCUT2D eigenvalue weighted by Gasteiger charge is -2.13. The third-order valence-electron chi connectivity index (χ3n) is 6.65. The Morgan fingerprint density at radius 2 is 0.657 bits per heavy atom. The lowest BCUT2D eigenvalue weighted by molar-refractivity contribution is -0.671. The van der Waals surface area contributed by atoms with Crippen LogP contribution >= 0.6 is 0 Å². The van der Waals surface area contributed by atoms with E-state index in [-0.39, 0.29) is 35.5 Å². The molecule has 7 heteroatoms. The largest absolute Gasteiger partial charge is 0.303 e. The van der Waals surface area contributed by atoms with Gasteiger partial charge >= 0.3 is 0 Å². The van der Waals surface area contributed by atoms with Gasteiger partial charge in [-0.15, -0.1) is 0 Å². The number of pyridine rings is 2. The molecule has 0 amide bonds. The van der Waals surface area contributed by atoms with E-state index < -0.39 is 0 Å². The third kappa shape index (κ3) is 82.4. The molecule has 0 fully saturated rings. The first-order chi connectivity index (χ1) is 30.1. The smallest absolute Gasteiger partial charge is 0.168 e. The number of hydrazine groups is 1. The fraction of sp³-hybridized carbons (Fsp3) is 0.600. The van der Waals surface area contributed by atoms with Gasteiger partial charge in [-0.3, -0.25) is 10.9 Å². The van der Waals surface area contributed by atoms with Crippen LogP contribution in [0.4, 0.5) is 0 Å². The van der Waals surface area contributed by atoms with Crippen molar-refractivity contribution in [3.63, 3.8) is 0 Å². The molecule has 0 atom stereocenters. The second-order valence-corrected chi connectivity index (χ2v) is 14.2. The van der Waals surface area contributed by atoms with Crippen molar-refractivity contribution in [3.05, 3.63) is 132 Å². The number of nitrogens with zero attached hydrogens (tertiary/aromatic N) is 5. The van der Waals surface area contributed by atoms with Crippen LogP contribution in [0.2, 0.25) is 0 Å². The van der Waals surface area contributed by atoms with E-state index >= 15 is 0 Å². The molecule has 0 unspecified atom stereocenters. The van der Waals surface area contributed by atoms with Gasteiger partial charge in [0.1, 0.15) is 19.9 Å². The molecule has 2 aliphatic rings. The van der Waals surface area contributed by atoms with Gasteiger partial charge in [-0.05, 0) is 101 Å². The minimum absolute atomic E-state index is 0. The number of aryl methyl sites for hydroxylation is 6. The van der Waals surface area contributed by atoms with Crippen LogP contribution in [0.3, 0.4) is 0 Å². The Hall–Kier alpha value is -4.20. The zero-order chi connectivity index (χ0) is 50.3. The Labute approximate surface area is 423 Å². The first kappa shape index (κ1) is 89.4. The second kappa shape index (κ2) is 76.1. The Kier molecular flexibility index (Phi) is 101. The van der Waals surface area contributed by atoms with Crippen LogP contribution in [-0.4, -0.2) is 49.7 Å². The molecule has 0 spiro atoms. The summed E-state index contributed by atoms with van der Waals surface area (Å²) in [5, 5.41) is 7.31. The average Bonchev–Trinajstić information content (AvgIpc) is 3.28. The maximum Gasteiger partial charge on any atom is 0.168 e. The van der Waals surface area contributed by atoms with Crippen LogP contribution < -0.4 is 15.0 Å². The molecular weight excluding hydrogens is 821 g/mol. The van der Waals surface area contributed by atoms with Crippen molar-refractivity contribution in [2.24, 2.45) is 25.0 Å². The number of rotatable bonds is 1. The van der Waals surface area contributed by atoms with Crippen LogP contribution in [0.1, 0.15) is 201 Å². The predicted molar refractivity (Wildman–Crippen MR) is 312 cm³/mol. The minimum Gasteiger partial charge on any atom is -0.303 e. The number of carbonyl (C=O) groups is 1. The summed E-state index contributed by atoms with van der Waals surface area (Å²) in [7, 11) is 11.4. The van der Waals surface area contributed by atoms with Gasteiger partial charge in [0.2, 0.25) is 0 Å². The number of nitrogens with two attached hydrogens (primary N) is 1. The van der Waals surface area contributed by atoms with Crippen LogP contribution in [0, 0.1) is 0 Å². The van der Waals surface area contributed by atoms with Gasteiger partial charge in [-0.25, -0.2) is 9.13 Å². The summed E-state index contributed by atoms with van der Waals surface area (Å²) in [6.45, 7) is 31.5. The highest BCUT2D eigenvalue weighted by atomic mass is 16.1. The summed E-state index contributed by atoms with van der Waals surface area (Å²) in [4.78, 5) is 9.44. The minimum atomic E-state index is 0. The number of carbonyl (C=O) groups excluding carboxylic acids is 1. The normalized spacial score (nSPS) is 9.37. The van der Waals surface area contributed by atoms with Crippen molar-refractivity contribution in [3.8, 4) is 0 Å². The topological polar surface area (TPSA) is 69.7 Å². The van der Waals surface area contributed by atoms with E-state index in [1.807, 2.05) is 168 Å². The molecule has 2 aromatic heterocycles. The molecule has 0 aliphatic heterocycles. The van der Waals surface area contributed by atoms with E-state index in [0.717, 1.165) is 5.71 Å². The number of hydrogen-bond donors (Lipinski definition) is 1. The van der Waals surface area contributed by atoms with Crippen molar-refractivity contribution >= 4 is 11.5 Å². The number of fused-ring (bicyclic) bond motifs is 2. The Bertz CT molecular complexity index is 1290. The van der Waals surface area contributed by atoms with Gasteiger partial charge < -0.3 is 9.80 Å². The van der Waals surface area contributed by atoms with Gasteiger partial charge in [0.05, 0.1) is 0 Å². The molecular formula is C60H122N6O+2. The zero-order valence-electron chi connectivity index (χ0n) is 45.7. The standard InChI is InChI=1S/2C10H12.2C6H8N.C5H12N2.C3H6O.2C3H8.C2H8N2.4C2H6.4CH4/c2*1-2-6-10-8-4-3-7-9(10)5-1;2*1-7-5-3-2-4-6-7;1-5(2)6-7(3)4;1-3(2)4;2*1-3-2;1-4(2)3;4*1-2;;;;/h2*1-2,5-6H,3-4,7-8H2;2*2-6H,1H3;1-4H3;1-2H3;2*3H2,1-2H3;3H2,1-2H3;4*1-2H3;4*1H4/q;;2*+1;;;;;;;;;;;;;. The Morgan fingerprint density at radius 1 is 0.478 bits per heavy atom. The summed E-state index contributed by atoms with van der Waals surface area (Å²) in [5.74, 6) is 5.11. The number of hydrogen-bond acceptors (Lipinski definition) is 5. The Balaban J connectivity index is -0.0000000584. The summed E-state index contributed by atoms with van der Waals surface area (Å²) in [6, 6.07) is 29.6.